The molecule has 1 heterocycles. The van der Waals surface area contributed by atoms with Crippen LogP contribution in [-0.4, -0.2) is 17.7 Å². The molecule has 0 saturated carbocycles. The number of ether oxygens (including phenoxy) is 2. The molecule has 1 aliphatic heterocycles. The van der Waals surface area contributed by atoms with Crippen molar-refractivity contribution in [3.05, 3.63) is 39.1 Å². The fourth-order valence-corrected chi connectivity index (χ4v) is 2.33. The molecule has 1 fully saturated rings. The van der Waals surface area contributed by atoms with Crippen LogP contribution in [0.3, 0.4) is 0 Å². The van der Waals surface area contributed by atoms with Gasteiger partial charge in [-0.05, 0) is 18.2 Å². The highest BCUT2D eigenvalue weighted by Gasteiger charge is 2.40. The topological polar surface area (TPSA) is 52.6 Å². The molecule has 1 saturated heterocycles. The first-order valence-corrected chi connectivity index (χ1v) is 6.94. The SMILES string of the molecule is CC1(C)OC(=O)C(=Cc2cc(Br)cc(C(F)(F)F)c2F)C(=O)O1. The molecule has 1 aromatic carbocycles. The minimum atomic E-state index is -4.93. The van der Waals surface area contributed by atoms with Gasteiger partial charge in [-0.1, -0.05) is 15.9 Å². The van der Waals surface area contributed by atoms with Crippen molar-refractivity contribution in [2.24, 2.45) is 0 Å². The summed E-state index contributed by atoms with van der Waals surface area (Å²) in [6.07, 6.45) is -4.27. The number of alkyl halides is 3. The van der Waals surface area contributed by atoms with E-state index in [1.165, 1.54) is 13.8 Å². The Labute approximate surface area is 136 Å². The fraction of sp³-hybridized carbons (Fsp3) is 0.286. The van der Waals surface area contributed by atoms with Gasteiger partial charge in [-0.3, -0.25) is 0 Å². The number of hydrogen-bond acceptors (Lipinski definition) is 4. The summed E-state index contributed by atoms with van der Waals surface area (Å²) in [6, 6.07) is 1.55. The van der Waals surface area contributed by atoms with Crippen LogP contribution < -0.4 is 0 Å². The van der Waals surface area contributed by atoms with Gasteiger partial charge in [0.05, 0.1) is 5.56 Å². The molecule has 0 amide bonds. The Kier molecular flexibility index (Phi) is 4.27. The number of carbonyl (C=O) groups excluding carboxylic acids is 2. The largest absolute Gasteiger partial charge is 0.419 e. The zero-order valence-corrected chi connectivity index (χ0v) is 13.3. The van der Waals surface area contributed by atoms with Crippen LogP contribution in [0.15, 0.2) is 22.2 Å². The van der Waals surface area contributed by atoms with Crippen LogP contribution in [0.1, 0.15) is 25.0 Å². The third-order valence-corrected chi connectivity index (χ3v) is 3.25. The number of esters is 2. The van der Waals surface area contributed by atoms with Crippen molar-refractivity contribution in [1.29, 1.82) is 0 Å². The summed E-state index contributed by atoms with van der Waals surface area (Å²) >= 11 is 2.82. The lowest BCUT2D eigenvalue weighted by Crippen LogP contribution is -2.41. The summed E-state index contributed by atoms with van der Waals surface area (Å²) in [7, 11) is 0. The highest BCUT2D eigenvalue weighted by molar-refractivity contribution is 9.10. The first kappa shape index (κ1) is 17.5. The summed E-state index contributed by atoms with van der Waals surface area (Å²) in [4.78, 5) is 23.5. The summed E-state index contributed by atoms with van der Waals surface area (Å²) in [5.41, 5.74) is -2.83. The van der Waals surface area contributed by atoms with Crippen LogP contribution >= 0.6 is 15.9 Å². The lowest BCUT2D eigenvalue weighted by molar-refractivity contribution is -0.222. The van der Waals surface area contributed by atoms with Crippen molar-refractivity contribution < 1.29 is 36.6 Å². The molecule has 0 radical (unpaired) electrons. The standard InChI is InChI=1S/C14H9BrF4O4/c1-13(2)22-11(20)8(12(21)23-13)4-6-3-7(15)5-9(10(6)16)14(17,18)19/h3-5H,1-2H3. The predicted octanol–water partition coefficient (Wildman–Crippen LogP) is 3.83. The Morgan fingerprint density at radius 2 is 1.65 bits per heavy atom. The Morgan fingerprint density at radius 3 is 2.13 bits per heavy atom. The maximum Gasteiger partial charge on any atom is 0.419 e. The summed E-state index contributed by atoms with van der Waals surface area (Å²) in [5, 5.41) is 0. The lowest BCUT2D eigenvalue weighted by Gasteiger charge is -2.29. The number of cyclic esters (lactones) is 2. The monoisotopic (exact) mass is 396 g/mol. The van der Waals surface area contributed by atoms with E-state index in [1.54, 1.807) is 0 Å². The smallest absolute Gasteiger partial charge is 0.419 e. The Balaban J connectivity index is 2.54. The van der Waals surface area contributed by atoms with Crippen molar-refractivity contribution in [1.82, 2.24) is 0 Å². The Morgan fingerprint density at radius 1 is 1.13 bits per heavy atom. The zero-order valence-electron chi connectivity index (χ0n) is 11.8. The van der Waals surface area contributed by atoms with E-state index in [-0.39, 0.29) is 4.47 Å². The van der Waals surface area contributed by atoms with Crippen molar-refractivity contribution >= 4 is 33.9 Å². The number of halogens is 5. The number of rotatable bonds is 1. The first-order chi connectivity index (χ1) is 10.4. The molecule has 0 unspecified atom stereocenters. The molecule has 4 nitrogen and oxygen atoms in total. The second kappa shape index (κ2) is 5.63. The lowest BCUT2D eigenvalue weighted by atomic mass is 10.1. The van der Waals surface area contributed by atoms with Crippen molar-refractivity contribution in [2.45, 2.75) is 25.8 Å². The predicted molar refractivity (Wildman–Crippen MR) is 73.3 cm³/mol. The van der Waals surface area contributed by atoms with Crippen LogP contribution in [-0.2, 0) is 25.2 Å². The average Bonchev–Trinajstić information content (AvgIpc) is 2.34. The van der Waals surface area contributed by atoms with Crippen LogP contribution in [0, 0.1) is 5.82 Å². The molecule has 0 N–H and O–H groups in total. The van der Waals surface area contributed by atoms with Gasteiger partial charge in [0.1, 0.15) is 11.4 Å². The van der Waals surface area contributed by atoms with Gasteiger partial charge in [0.15, 0.2) is 0 Å². The normalized spacial score (nSPS) is 17.6. The second-order valence-electron chi connectivity index (χ2n) is 5.09. The molecule has 0 aliphatic carbocycles. The van der Waals surface area contributed by atoms with Crippen molar-refractivity contribution in [2.75, 3.05) is 0 Å². The molecule has 9 heteroatoms. The Bertz CT molecular complexity index is 700. The van der Waals surface area contributed by atoms with Crippen LogP contribution in [0.5, 0.6) is 0 Å². The molecule has 1 aromatic rings. The molecule has 0 atom stereocenters. The minimum absolute atomic E-state index is 0.0732. The van der Waals surface area contributed by atoms with Crippen molar-refractivity contribution in [3.8, 4) is 0 Å². The van der Waals surface area contributed by atoms with E-state index in [9.17, 15) is 27.2 Å². The van der Waals surface area contributed by atoms with Gasteiger partial charge < -0.3 is 9.47 Å². The quantitative estimate of drug-likeness (QED) is 0.313. The minimum Gasteiger partial charge on any atom is -0.419 e. The van der Waals surface area contributed by atoms with Crippen LogP contribution in [0.25, 0.3) is 6.08 Å². The highest BCUT2D eigenvalue weighted by Crippen LogP contribution is 2.35. The maximum atomic E-state index is 14.0. The molecular weight excluding hydrogens is 388 g/mol. The van der Waals surface area contributed by atoms with Gasteiger partial charge in [0, 0.05) is 23.9 Å². The van der Waals surface area contributed by atoms with Gasteiger partial charge in [-0.15, -0.1) is 0 Å². The molecule has 0 aromatic heterocycles. The summed E-state index contributed by atoms with van der Waals surface area (Å²) < 4.78 is 61.9. The van der Waals surface area contributed by atoms with Gasteiger partial charge in [0.25, 0.3) is 5.79 Å². The maximum absolute atomic E-state index is 14.0. The molecule has 23 heavy (non-hydrogen) atoms. The van der Waals surface area contributed by atoms with E-state index in [0.29, 0.717) is 12.1 Å². The molecule has 2 rings (SSSR count). The average molecular weight is 397 g/mol. The number of benzene rings is 1. The van der Waals surface area contributed by atoms with Crippen LogP contribution in [0.4, 0.5) is 17.6 Å². The molecule has 0 bridgehead atoms. The van der Waals surface area contributed by atoms with Gasteiger partial charge in [-0.25, -0.2) is 14.0 Å². The summed E-state index contributed by atoms with van der Waals surface area (Å²) in [5.74, 6) is -5.34. The molecule has 0 spiro atoms. The fourth-order valence-electron chi connectivity index (χ4n) is 1.86. The van der Waals surface area contributed by atoms with E-state index in [0.717, 1.165) is 6.07 Å². The zero-order chi connectivity index (χ0) is 17.6. The second-order valence-corrected chi connectivity index (χ2v) is 6.01. The molecule has 1 aliphatic rings. The van der Waals surface area contributed by atoms with Gasteiger partial charge in [0.2, 0.25) is 0 Å². The van der Waals surface area contributed by atoms with Gasteiger partial charge in [-0.2, -0.15) is 13.2 Å². The van der Waals surface area contributed by atoms with E-state index < -0.39 is 46.4 Å². The first-order valence-electron chi connectivity index (χ1n) is 6.15. The third kappa shape index (κ3) is 3.72. The molecular formula is C14H9BrF4O4. The van der Waals surface area contributed by atoms with E-state index in [4.69, 9.17) is 9.47 Å². The Hall–Kier alpha value is -1.90. The number of carbonyl (C=O) groups is 2. The van der Waals surface area contributed by atoms with E-state index >= 15 is 0 Å². The molecule has 124 valence electrons. The van der Waals surface area contributed by atoms with E-state index in [2.05, 4.69) is 15.9 Å². The van der Waals surface area contributed by atoms with Gasteiger partial charge >= 0.3 is 18.1 Å². The van der Waals surface area contributed by atoms with Crippen molar-refractivity contribution in [3.63, 3.8) is 0 Å². The highest BCUT2D eigenvalue weighted by atomic mass is 79.9. The number of hydrogen-bond donors (Lipinski definition) is 0. The van der Waals surface area contributed by atoms with Crippen LogP contribution in [0.2, 0.25) is 0 Å². The van der Waals surface area contributed by atoms with E-state index in [1.807, 2.05) is 0 Å². The third-order valence-electron chi connectivity index (χ3n) is 2.79. The summed E-state index contributed by atoms with van der Waals surface area (Å²) in [6.45, 7) is 2.61.